The molecule has 0 aliphatic rings. The van der Waals surface area contributed by atoms with Crippen LogP contribution in [0, 0.1) is 12.3 Å². The summed E-state index contributed by atoms with van der Waals surface area (Å²) in [5.41, 5.74) is 1.35. The van der Waals surface area contributed by atoms with E-state index in [-0.39, 0.29) is 17.0 Å². The number of aryl methyl sites for hydroxylation is 1. The molecule has 0 aliphatic carbocycles. The number of anilines is 1. The van der Waals surface area contributed by atoms with Gasteiger partial charge < -0.3 is 15.3 Å². The molecule has 2 amide bonds. The lowest BCUT2D eigenvalue weighted by atomic mass is 9.96. The van der Waals surface area contributed by atoms with E-state index in [9.17, 15) is 9.59 Å². The number of rotatable bonds is 3. The first-order valence-electron chi connectivity index (χ1n) is 6.46. The Morgan fingerprint density at radius 1 is 1.30 bits per heavy atom. The van der Waals surface area contributed by atoms with Crippen LogP contribution in [0.15, 0.2) is 18.2 Å². The summed E-state index contributed by atoms with van der Waals surface area (Å²) < 4.78 is 0. The SMILES string of the molecule is Cc1ccc(NC(=O)N(C)CC(C)(C)C)cc1C(=O)O. The van der Waals surface area contributed by atoms with E-state index in [1.54, 1.807) is 31.0 Å². The van der Waals surface area contributed by atoms with Crippen LogP contribution in [0.5, 0.6) is 0 Å². The molecule has 1 rings (SSSR count). The highest BCUT2D eigenvalue weighted by Crippen LogP contribution is 2.17. The number of carboxylic acids is 1. The monoisotopic (exact) mass is 278 g/mol. The van der Waals surface area contributed by atoms with Gasteiger partial charge in [0.1, 0.15) is 0 Å². The fourth-order valence-corrected chi connectivity index (χ4v) is 1.93. The van der Waals surface area contributed by atoms with Crippen molar-refractivity contribution < 1.29 is 14.7 Å². The van der Waals surface area contributed by atoms with Gasteiger partial charge in [0.15, 0.2) is 0 Å². The van der Waals surface area contributed by atoms with Crippen molar-refractivity contribution in [3.63, 3.8) is 0 Å². The second-order valence-corrected chi connectivity index (χ2v) is 6.18. The van der Waals surface area contributed by atoms with E-state index in [2.05, 4.69) is 5.32 Å². The van der Waals surface area contributed by atoms with Crippen molar-refractivity contribution in [2.75, 3.05) is 18.9 Å². The number of aromatic carboxylic acids is 1. The smallest absolute Gasteiger partial charge is 0.336 e. The molecule has 1 aromatic rings. The predicted octanol–water partition coefficient (Wildman–Crippen LogP) is 3.20. The molecule has 0 fully saturated rings. The average Bonchev–Trinajstić information content (AvgIpc) is 2.28. The molecular weight excluding hydrogens is 256 g/mol. The van der Waals surface area contributed by atoms with E-state index in [0.29, 0.717) is 17.8 Å². The molecule has 5 nitrogen and oxygen atoms in total. The quantitative estimate of drug-likeness (QED) is 0.892. The zero-order valence-corrected chi connectivity index (χ0v) is 12.7. The summed E-state index contributed by atoms with van der Waals surface area (Å²) in [5, 5.41) is 11.8. The summed E-state index contributed by atoms with van der Waals surface area (Å²) in [6.45, 7) is 8.47. The number of hydrogen-bond donors (Lipinski definition) is 2. The van der Waals surface area contributed by atoms with Gasteiger partial charge in [-0.15, -0.1) is 0 Å². The third-order valence-corrected chi connectivity index (χ3v) is 2.78. The van der Waals surface area contributed by atoms with Gasteiger partial charge in [-0.05, 0) is 30.0 Å². The number of urea groups is 1. The third kappa shape index (κ3) is 4.57. The third-order valence-electron chi connectivity index (χ3n) is 2.78. The van der Waals surface area contributed by atoms with Gasteiger partial charge in [0.05, 0.1) is 5.56 Å². The highest BCUT2D eigenvalue weighted by atomic mass is 16.4. The summed E-state index contributed by atoms with van der Waals surface area (Å²) in [5.74, 6) is -0.998. The molecule has 0 saturated carbocycles. The Kier molecular flexibility index (Phi) is 4.76. The van der Waals surface area contributed by atoms with E-state index < -0.39 is 5.97 Å². The zero-order chi connectivity index (χ0) is 15.5. The van der Waals surface area contributed by atoms with Crippen LogP contribution in [0.4, 0.5) is 10.5 Å². The highest BCUT2D eigenvalue weighted by molar-refractivity contribution is 5.94. The van der Waals surface area contributed by atoms with Crippen molar-refractivity contribution >= 4 is 17.7 Å². The van der Waals surface area contributed by atoms with Gasteiger partial charge in [-0.25, -0.2) is 9.59 Å². The van der Waals surface area contributed by atoms with Gasteiger partial charge in [-0.3, -0.25) is 0 Å². The van der Waals surface area contributed by atoms with Crippen molar-refractivity contribution in [3.8, 4) is 0 Å². The van der Waals surface area contributed by atoms with Gasteiger partial charge in [0.25, 0.3) is 0 Å². The normalized spacial score (nSPS) is 11.1. The average molecular weight is 278 g/mol. The van der Waals surface area contributed by atoms with Crippen LogP contribution in [0.2, 0.25) is 0 Å². The van der Waals surface area contributed by atoms with E-state index in [1.807, 2.05) is 20.8 Å². The summed E-state index contributed by atoms with van der Waals surface area (Å²) >= 11 is 0. The zero-order valence-electron chi connectivity index (χ0n) is 12.7. The maximum absolute atomic E-state index is 12.0. The van der Waals surface area contributed by atoms with Crippen LogP contribution in [0.1, 0.15) is 36.7 Å². The lowest BCUT2D eigenvalue weighted by molar-refractivity contribution is 0.0696. The second kappa shape index (κ2) is 5.94. The summed E-state index contributed by atoms with van der Waals surface area (Å²) in [7, 11) is 1.72. The van der Waals surface area contributed by atoms with Crippen molar-refractivity contribution in [1.29, 1.82) is 0 Å². The van der Waals surface area contributed by atoms with Gasteiger partial charge >= 0.3 is 12.0 Å². The molecule has 0 bridgehead atoms. The molecule has 0 unspecified atom stereocenters. The standard InChI is InChI=1S/C15H22N2O3/c1-10-6-7-11(8-12(10)13(18)19)16-14(20)17(5)9-15(2,3)4/h6-8H,9H2,1-5H3,(H,16,20)(H,18,19). The van der Waals surface area contributed by atoms with Crippen LogP contribution in [-0.2, 0) is 0 Å². The maximum atomic E-state index is 12.0. The van der Waals surface area contributed by atoms with Gasteiger partial charge in [0.2, 0.25) is 0 Å². The van der Waals surface area contributed by atoms with Gasteiger partial charge in [-0.2, -0.15) is 0 Å². The lowest BCUT2D eigenvalue weighted by Crippen LogP contribution is -2.37. The number of hydrogen-bond acceptors (Lipinski definition) is 2. The summed E-state index contributed by atoms with van der Waals surface area (Å²) in [6.07, 6.45) is 0. The molecule has 0 heterocycles. The molecule has 0 atom stereocenters. The number of amides is 2. The van der Waals surface area contributed by atoms with E-state index in [4.69, 9.17) is 5.11 Å². The van der Waals surface area contributed by atoms with Crippen molar-refractivity contribution in [2.45, 2.75) is 27.7 Å². The molecule has 0 saturated heterocycles. The molecule has 2 N–H and O–H groups in total. The van der Waals surface area contributed by atoms with E-state index >= 15 is 0 Å². The van der Waals surface area contributed by atoms with Crippen molar-refractivity contribution in [3.05, 3.63) is 29.3 Å². The molecule has 110 valence electrons. The van der Waals surface area contributed by atoms with Crippen LogP contribution < -0.4 is 5.32 Å². The van der Waals surface area contributed by atoms with Gasteiger partial charge in [0, 0.05) is 19.3 Å². The van der Waals surface area contributed by atoms with E-state index in [0.717, 1.165) is 0 Å². The molecule has 0 radical (unpaired) electrons. The number of carbonyl (C=O) groups excluding carboxylic acids is 1. The predicted molar refractivity (Wildman–Crippen MR) is 79.2 cm³/mol. The number of carbonyl (C=O) groups is 2. The first kappa shape index (κ1) is 16.0. The molecule has 20 heavy (non-hydrogen) atoms. The lowest BCUT2D eigenvalue weighted by Gasteiger charge is -2.26. The minimum Gasteiger partial charge on any atom is -0.478 e. The van der Waals surface area contributed by atoms with Gasteiger partial charge in [-0.1, -0.05) is 26.8 Å². The van der Waals surface area contributed by atoms with Crippen LogP contribution in [0.25, 0.3) is 0 Å². The van der Waals surface area contributed by atoms with Crippen LogP contribution in [-0.4, -0.2) is 35.6 Å². The Hall–Kier alpha value is -2.04. The fraction of sp³-hybridized carbons (Fsp3) is 0.467. The van der Waals surface area contributed by atoms with Crippen molar-refractivity contribution in [2.24, 2.45) is 5.41 Å². The Bertz CT molecular complexity index is 518. The Morgan fingerprint density at radius 3 is 2.40 bits per heavy atom. The number of benzene rings is 1. The first-order valence-corrected chi connectivity index (χ1v) is 6.46. The molecule has 0 aromatic heterocycles. The first-order chi connectivity index (χ1) is 9.10. The number of nitrogens with one attached hydrogen (secondary N) is 1. The van der Waals surface area contributed by atoms with E-state index in [1.165, 1.54) is 6.07 Å². The molecular formula is C15H22N2O3. The van der Waals surface area contributed by atoms with Crippen LogP contribution in [0.3, 0.4) is 0 Å². The summed E-state index contributed by atoms with van der Waals surface area (Å²) in [4.78, 5) is 24.7. The topological polar surface area (TPSA) is 69.6 Å². The number of nitrogens with zero attached hydrogens (tertiary/aromatic N) is 1. The Balaban J connectivity index is 2.81. The minimum atomic E-state index is -0.998. The second-order valence-electron chi connectivity index (χ2n) is 6.18. The fourth-order valence-electron chi connectivity index (χ4n) is 1.93. The van der Waals surface area contributed by atoms with Crippen molar-refractivity contribution in [1.82, 2.24) is 4.90 Å². The highest BCUT2D eigenvalue weighted by Gasteiger charge is 2.18. The number of carboxylic acid groups (broad SMARTS) is 1. The maximum Gasteiger partial charge on any atom is 0.336 e. The molecule has 5 heteroatoms. The minimum absolute atomic E-state index is 0.00555. The molecule has 0 aliphatic heterocycles. The Morgan fingerprint density at radius 2 is 1.90 bits per heavy atom. The molecule has 0 spiro atoms. The molecule has 1 aromatic carbocycles. The Labute approximate surface area is 119 Å². The van der Waals surface area contributed by atoms with Crippen LogP contribution >= 0.6 is 0 Å². The summed E-state index contributed by atoms with van der Waals surface area (Å²) in [6, 6.07) is 4.61. The largest absolute Gasteiger partial charge is 0.478 e.